The Morgan fingerprint density at radius 3 is 2.08 bits per heavy atom. The number of sulfonamides is 1. The van der Waals surface area contributed by atoms with E-state index in [1.165, 1.54) is 16.1 Å². The molecule has 0 spiro atoms. The fourth-order valence-electron chi connectivity index (χ4n) is 5.44. The zero-order chi connectivity index (χ0) is 27.0. The van der Waals surface area contributed by atoms with Crippen LogP contribution in [-0.4, -0.2) is 35.1 Å². The summed E-state index contributed by atoms with van der Waals surface area (Å²) >= 11 is 1.47. The molecular weight excluding hydrogens is 514 g/mol. The smallest absolute Gasteiger partial charge is 0.309 e. The summed E-state index contributed by atoms with van der Waals surface area (Å²) in [5.41, 5.74) is 2.68. The van der Waals surface area contributed by atoms with Crippen LogP contribution in [0.2, 0.25) is 0 Å². The van der Waals surface area contributed by atoms with E-state index >= 15 is 0 Å². The lowest BCUT2D eigenvalue weighted by Crippen LogP contribution is -2.39. The molecular formula is C31H31NO4S2. The number of aryl methyl sites for hydroxylation is 2. The average Bonchev–Trinajstić information content (AvgIpc) is 3.24. The lowest BCUT2D eigenvalue weighted by molar-refractivity contribution is -0.142. The van der Waals surface area contributed by atoms with Crippen LogP contribution in [0.5, 0.6) is 0 Å². The first-order valence-electron chi connectivity index (χ1n) is 12.8. The average molecular weight is 546 g/mol. The molecule has 5 nitrogen and oxygen atoms in total. The van der Waals surface area contributed by atoms with Crippen LogP contribution >= 0.6 is 11.8 Å². The highest BCUT2D eigenvalue weighted by atomic mass is 32.2. The van der Waals surface area contributed by atoms with Gasteiger partial charge in [0.1, 0.15) is 0 Å². The maximum absolute atomic E-state index is 14.2. The van der Waals surface area contributed by atoms with Crippen molar-refractivity contribution in [3.05, 3.63) is 108 Å². The Bertz CT molecular complexity index is 1570. The molecule has 1 heterocycles. The highest BCUT2D eigenvalue weighted by Crippen LogP contribution is 2.51. The van der Waals surface area contributed by atoms with Crippen molar-refractivity contribution >= 4 is 38.5 Å². The molecule has 1 aliphatic heterocycles. The fourth-order valence-corrected chi connectivity index (χ4v) is 8.98. The van der Waals surface area contributed by atoms with E-state index in [2.05, 4.69) is 6.07 Å². The Labute approximate surface area is 228 Å². The number of carboxylic acids is 1. The number of thioether (sulfide) groups is 1. The standard InChI is InChI=1S/C31H31NO4S2/c1-4-27-30(37-25-16-15-22-7-5-6-8-24(22)19-25)28(31(33)34)29(23-13-9-20(2)10-14-23)32(27)38(35,36)26-17-11-21(3)12-18-26/h5-19,27-30H,4H2,1-3H3,(H,33,34)/t27-,28+,29+,30-/m1/s1. The summed E-state index contributed by atoms with van der Waals surface area (Å²) in [7, 11) is -3.99. The van der Waals surface area contributed by atoms with Gasteiger partial charge in [0.2, 0.25) is 10.0 Å². The van der Waals surface area contributed by atoms with Gasteiger partial charge in [-0.05, 0) is 60.9 Å². The molecule has 0 aliphatic carbocycles. The largest absolute Gasteiger partial charge is 0.481 e. The van der Waals surface area contributed by atoms with Crippen LogP contribution in [0.25, 0.3) is 10.8 Å². The minimum absolute atomic E-state index is 0.180. The second-order valence-corrected chi connectivity index (χ2v) is 13.0. The Kier molecular flexibility index (Phi) is 7.36. The van der Waals surface area contributed by atoms with Gasteiger partial charge in [-0.15, -0.1) is 11.8 Å². The number of carboxylic acid groups (broad SMARTS) is 1. The number of hydrogen-bond acceptors (Lipinski definition) is 4. The molecule has 1 saturated heterocycles. The predicted octanol–water partition coefficient (Wildman–Crippen LogP) is 6.84. The van der Waals surface area contributed by atoms with Crippen molar-refractivity contribution in [3.63, 3.8) is 0 Å². The van der Waals surface area contributed by atoms with Crippen LogP contribution in [0.4, 0.5) is 0 Å². The molecule has 0 bridgehead atoms. The predicted molar refractivity (Wildman–Crippen MR) is 153 cm³/mol. The summed E-state index contributed by atoms with van der Waals surface area (Å²) in [5, 5.41) is 12.3. The third-order valence-corrected chi connectivity index (χ3v) is 10.7. The molecule has 4 aromatic carbocycles. The minimum Gasteiger partial charge on any atom is -0.481 e. The second-order valence-electron chi connectivity index (χ2n) is 9.93. The van der Waals surface area contributed by atoms with Crippen molar-refractivity contribution < 1.29 is 18.3 Å². The van der Waals surface area contributed by atoms with Crippen molar-refractivity contribution in [2.24, 2.45) is 5.92 Å². The van der Waals surface area contributed by atoms with Gasteiger partial charge in [0.05, 0.1) is 16.9 Å². The molecule has 0 saturated carbocycles. The molecule has 4 atom stereocenters. The number of aliphatic carboxylic acids is 1. The number of benzene rings is 4. The molecule has 196 valence electrons. The minimum atomic E-state index is -3.99. The topological polar surface area (TPSA) is 74.7 Å². The van der Waals surface area contributed by atoms with Gasteiger partial charge in [-0.1, -0.05) is 84.8 Å². The van der Waals surface area contributed by atoms with Gasteiger partial charge < -0.3 is 5.11 Å². The SMILES string of the molecule is CC[C@@H]1[C@@H](Sc2ccc3ccccc3c2)[C@@H](C(=O)O)[C@H](c2ccc(C)cc2)N1S(=O)(=O)c1ccc(C)cc1. The van der Waals surface area contributed by atoms with E-state index in [0.717, 1.165) is 26.8 Å². The highest BCUT2D eigenvalue weighted by Gasteiger charge is 2.57. The molecule has 1 N–H and O–H groups in total. The lowest BCUT2D eigenvalue weighted by atomic mass is 9.92. The first kappa shape index (κ1) is 26.5. The summed E-state index contributed by atoms with van der Waals surface area (Å²) < 4.78 is 29.9. The monoisotopic (exact) mass is 545 g/mol. The number of fused-ring (bicyclic) bond motifs is 1. The molecule has 7 heteroatoms. The zero-order valence-corrected chi connectivity index (χ0v) is 23.2. The first-order valence-corrected chi connectivity index (χ1v) is 15.1. The maximum Gasteiger partial charge on any atom is 0.309 e. The van der Waals surface area contributed by atoms with Crippen LogP contribution in [0, 0.1) is 19.8 Å². The van der Waals surface area contributed by atoms with Crippen molar-refractivity contribution in [2.75, 3.05) is 0 Å². The molecule has 5 rings (SSSR count). The van der Waals surface area contributed by atoms with E-state index in [0.29, 0.717) is 12.0 Å². The number of rotatable bonds is 7. The molecule has 0 radical (unpaired) electrons. The van der Waals surface area contributed by atoms with Crippen LogP contribution in [0.3, 0.4) is 0 Å². The summed E-state index contributed by atoms with van der Waals surface area (Å²) in [4.78, 5) is 14.1. The van der Waals surface area contributed by atoms with Gasteiger partial charge in [-0.2, -0.15) is 4.31 Å². The van der Waals surface area contributed by atoms with E-state index in [-0.39, 0.29) is 4.90 Å². The molecule has 0 unspecified atom stereocenters. The Morgan fingerprint density at radius 1 is 0.868 bits per heavy atom. The third kappa shape index (κ3) is 4.86. The van der Waals surface area contributed by atoms with Crippen LogP contribution in [0.1, 0.15) is 36.1 Å². The van der Waals surface area contributed by atoms with Crippen LogP contribution in [0.15, 0.2) is 101 Å². The van der Waals surface area contributed by atoms with Gasteiger partial charge in [0.15, 0.2) is 0 Å². The molecule has 1 aliphatic rings. The normalized spacial score (nSPS) is 22.1. The van der Waals surface area contributed by atoms with Crippen molar-refractivity contribution in [1.29, 1.82) is 0 Å². The molecule has 1 fully saturated rings. The van der Waals surface area contributed by atoms with Crippen molar-refractivity contribution in [2.45, 2.75) is 54.3 Å². The van der Waals surface area contributed by atoms with E-state index in [1.54, 1.807) is 24.3 Å². The molecule has 0 aromatic heterocycles. The lowest BCUT2D eigenvalue weighted by Gasteiger charge is -2.30. The van der Waals surface area contributed by atoms with E-state index in [4.69, 9.17) is 0 Å². The quantitative estimate of drug-likeness (QED) is 0.275. The van der Waals surface area contributed by atoms with Crippen LogP contribution in [-0.2, 0) is 14.8 Å². The van der Waals surface area contributed by atoms with Crippen molar-refractivity contribution in [3.8, 4) is 0 Å². The number of hydrogen-bond donors (Lipinski definition) is 1. The van der Waals surface area contributed by atoms with Gasteiger partial charge in [0, 0.05) is 16.2 Å². The Hall–Kier alpha value is -3.13. The summed E-state index contributed by atoms with van der Waals surface area (Å²) in [6.45, 7) is 5.81. The molecule has 4 aromatic rings. The third-order valence-electron chi connectivity index (χ3n) is 7.39. The van der Waals surface area contributed by atoms with Gasteiger partial charge in [-0.25, -0.2) is 8.42 Å². The van der Waals surface area contributed by atoms with Crippen LogP contribution < -0.4 is 0 Å². The Morgan fingerprint density at radius 2 is 1.47 bits per heavy atom. The molecule has 38 heavy (non-hydrogen) atoms. The number of nitrogens with zero attached hydrogens (tertiary/aromatic N) is 1. The van der Waals surface area contributed by atoms with Gasteiger partial charge in [0.25, 0.3) is 0 Å². The summed E-state index contributed by atoms with van der Waals surface area (Å²) in [5.74, 6) is -1.92. The zero-order valence-electron chi connectivity index (χ0n) is 21.6. The first-order chi connectivity index (χ1) is 18.2. The summed E-state index contributed by atoms with van der Waals surface area (Å²) in [6, 6.07) is 27.1. The fraction of sp³-hybridized carbons (Fsp3) is 0.258. The highest BCUT2D eigenvalue weighted by molar-refractivity contribution is 8.00. The second kappa shape index (κ2) is 10.6. The van der Waals surface area contributed by atoms with Gasteiger partial charge >= 0.3 is 5.97 Å². The van der Waals surface area contributed by atoms with Gasteiger partial charge in [-0.3, -0.25) is 4.79 Å². The Balaban J connectivity index is 1.66. The summed E-state index contributed by atoms with van der Waals surface area (Å²) in [6.07, 6.45) is 0.489. The number of carbonyl (C=O) groups is 1. The van der Waals surface area contributed by atoms with E-state index in [1.807, 2.05) is 81.4 Å². The van der Waals surface area contributed by atoms with E-state index in [9.17, 15) is 18.3 Å². The van der Waals surface area contributed by atoms with Crippen molar-refractivity contribution in [1.82, 2.24) is 4.31 Å². The maximum atomic E-state index is 14.2. The van der Waals surface area contributed by atoms with E-state index < -0.39 is 39.2 Å². The molecule has 0 amide bonds.